The number of likely N-dealkylation sites (N-methyl/N-ethyl adjacent to an activating group) is 1. The van der Waals surface area contributed by atoms with Gasteiger partial charge in [0.05, 0.1) is 0 Å². The molecular formula is C12H25N3O. The predicted octanol–water partition coefficient (Wildman–Crippen LogP) is 0.572. The Bertz CT molecular complexity index is 214. The van der Waals surface area contributed by atoms with E-state index in [1.165, 1.54) is 25.7 Å². The minimum absolute atomic E-state index is 0.0775. The highest BCUT2D eigenvalue weighted by Gasteiger charge is 2.22. The van der Waals surface area contributed by atoms with Crippen LogP contribution < -0.4 is 11.1 Å². The number of carbonyl (C=O) groups excluding carboxylic acids is 1. The molecule has 1 aliphatic rings. The number of carbonyl (C=O) groups is 1. The number of nitrogens with two attached hydrogens (primary N) is 1. The number of rotatable bonds is 6. The fourth-order valence-corrected chi connectivity index (χ4v) is 2.48. The third-order valence-corrected chi connectivity index (χ3v) is 3.62. The summed E-state index contributed by atoms with van der Waals surface area (Å²) in [5.74, 6) is 0.887. The molecule has 94 valence electrons. The molecule has 0 aliphatic heterocycles. The van der Waals surface area contributed by atoms with E-state index in [1.54, 1.807) is 7.05 Å². The zero-order valence-corrected chi connectivity index (χ0v) is 10.5. The van der Waals surface area contributed by atoms with Crippen molar-refractivity contribution < 1.29 is 4.79 Å². The molecule has 0 bridgehead atoms. The fraction of sp³-hybridized carbons (Fsp3) is 0.917. The van der Waals surface area contributed by atoms with Crippen molar-refractivity contribution in [1.82, 2.24) is 10.2 Å². The third kappa shape index (κ3) is 4.10. The zero-order chi connectivity index (χ0) is 12.0. The van der Waals surface area contributed by atoms with Crippen LogP contribution in [-0.4, -0.2) is 44.0 Å². The molecule has 0 aromatic carbocycles. The lowest BCUT2D eigenvalue weighted by atomic mass is 10.1. The van der Waals surface area contributed by atoms with Gasteiger partial charge in [0.1, 0.15) is 0 Å². The first-order valence-electron chi connectivity index (χ1n) is 6.28. The van der Waals surface area contributed by atoms with Gasteiger partial charge in [-0.25, -0.2) is 0 Å². The second-order valence-corrected chi connectivity index (χ2v) is 4.86. The Morgan fingerprint density at radius 2 is 2.12 bits per heavy atom. The van der Waals surface area contributed by atoms with Gasteiger partial charge in [-0.1, -0.05) is 12.8 Å². The molecule has 0 radical (unpaired) electrons. The Morgan fingerprint density at radius 1 is 1.50 bits per heavy atom. The minimum Gasteiger partial charge on any atom is -0.359 e. The van der Waals surface area contributed by atoms with Crippen LogP contribution in [0.2, 0.25) is 0 Å². The first-order chi connectivity index (χ1) is 7.67. The number of hydrogen-bond donors (Lipinski definition) is 2. The Morgan fingerprint density at radius 3 is 2.62 bits per heavy atom. The molecule has 0 aromatic rings. The monoisotopic (exact) mass is 227 g/mol. The van der Waals surface area contributed by atoms with Crippen molar-refractivity contribution >= 4 is 5.91 Å². The molecule has 1 unspecified atom stereocenters. The van der Waals surface area contributed by atoms with Crippen LogP contribution in [0.4, 0.5) is 0 Å². The van der Waals surface area contributed by atoms with E-state index in [2.05, 4.69) is 17.3 Å². The van der Waals surface area contributed by atoms with Gasteiger partial charge in [0.15, 0.2) is 0 Å². The van der Waals surface area contributed by atoms with Crippen LogP contribution >= 0.6 is 0 Å². The van der Waals surface area contributed by atoms with Crippen LogP contribution in [0.3, 0.4) is 0 Å². The lowest BCUT2D eigenvalue weighted by Gasteiger charge is -2.28. The summed E-state index contributed by atoms with van der Waals surface area (Å²) in [6.45, 7) is 1.63. The van der Waals surface area contributed by atoms with Gasteiger partial charge in [0.25, 0.3) is 0 Å². The zero-order valence-electron chi connectivity index (χ0n) is 10.5. The van der Waals surface area contributed by atoms with E-state index in [-0.39, 0.29) is 11.9 Å². The first-order valence-corrected chi connectivity index (χ1v) is 6.28. The van der Waals surface area contributed by atoms with E-state index in [0.717, 1.165) is 12.5 Å². The number of nitrogens with zero attached hydrogens (tertiary/aromatic N) is 1. The van der Waals surface area contributed by atoms with Crippen molar-refractivity contribution in [3.05, 3.63) is 0 Å². The van der Waals surface area contributed by atoms with Gasteiger partial charge in [-0.2, -0.15) is 0 Å². The highest BCUT2D eigenvalue weighted by Crippen LogP contribution is 2.25. The number of amides is 1. The van der Waals surface area contributed by atoms with Gasteiger partial charge >= 0.3 is 0 Å². The van der Waals surface area contributed by atoms with Gasteiger partial charge in [-0.05, 0) is 25.8 Å². The summed E-state index contributed by atoms with van der Waals surface area (Å²) in [5.41, 5.74) is 5.73. The Hall–Kier alpha value is -0.610. The van der Waals surface area contributed by atoms with Crippen molar-refractivity contribution in [2.24, 2.45) is 11.7 Å². The number of nitrogens with one attached hydrogen (secondary N) is 1. The third-order valence-electron chi connectivity index (χ3n) is 3.62. The van der Waals surface area contributed by atoms with Gasteiger partial charge in [0.2, 0.25) is 5.91 Å². The molecular weight excluding hydrogens is 202 g/mol. The fourth-order valence-electron chi connectivity index (χ4n) is 2.48. The highest BCUT2D eigenvalue weighted by molar-refractivity contribution is 5.76. The molecule has 1 saturated carbocycles. The van der Waals surface area contributed by atoms with Crippen molar-refractivity contribution in [2.75, 3.05) is 27.2 Å². The molecule has 16 heavy (non-hydrogen) atoms. The van der Waals surface area contributed by atoms with Crippen LogP contribution in [-0.2, 0) is 4.79 Å². The normalized spacial score (nSPS) is 19.0. The molecule has 1 rings (SSSR count). The van der Waals surface area contributed by atoms with E-state index < -0.39 is 0 Å². The molecule has 0 heterocycles. The Labute approximate surface area is 98.6 Å². The molecule has 1 atom stereocenters. The van der Waals surface area contributed by atoms with Crippen molar-refractivity contribution in [3.8, 4) is 0 Å². The summed E-state index contributed by atoms with van der Waals surface area (Å²) in [6.07, 6.45) is 5.90. The first kappa shape index (κ1) is 13.5. The summed E-state index contributed by atoms with van der Waals surface area (Å²) in [7, 11) is 3.76. The predicted molar refractivity (Wildman–Crippen MR) is 66.1 cm³/mol. The van der Waals surface area contributed by atoms with Crippen molar-refractivity contribution in [1.29, 1.82) is 0 Å². The van der Waals surface area contributed by atoms with Gasteiger partial charge in [-0.15, -0.1) is 0 Å². The smallest absolute Gasteiger partial charge is 0.221 e. The molecule has 3 N–H and O–H groups in total. The van der Waals surface area contributed by atoms with Gasteiger partial charge in [0, 0.05) is 32.6 Å². The second-order valence-electron chi connectivity index (χ2n) is 4.86. The van der Waals surface area contributed by atoms with Gasteiger partial charge < -0.3 is 16.0 Å². The standard InChI is InChI=1S/C12H25N3O/c1-14-12(16)7-11(8-13)15(2)9-10-5-3-4-6-10/h10-11H,3-9,13H2,1-2H3,(H,14,16). The molecule has 4 nitrogen and oxygen atoms in total. The second kappa shape index (κ2) is 6.86. The molecule has 0 aromatic heterocycles. The average Bonchev–Trinajstić information content (AvgIpc) is 2.77. The van der Waals surface area contributed by atoms with Crippen LogP contribution in [0.1, 0.15) is 32.1 Å². The average molecular weight is 227 g/mol. The van der Waals surface area contributed by atoms with E-state index in [0.29, 0.717) is 13.0 Å². The van der Waals surface area contributed by atoms with E-state index >= 15 is 0 Å². The molecule has 1 amide bonds. The summed E-state index contributed by atoms with van der Waals surface area (Å²) in [6, 6.07) is 0.181. The molecule has 0 saturated heterocycles. The van der Waals surface area contributed by atoms with Crippen LogP contribution in [0.15, 0.2) is 0 Å². The Balaban J connectivity index is 2.35. The topological polar surface area (TPSA) is 58.4 Å². The molecule has 1 aliphatic carbocycles. The molecule has 1 fully saturated rings. The summed E-state index contributed by atoms with van der Waals surface area (Å²) in [5, 5.41) is 2.66. The lowest BCUT2D eigenvalue weighted by Crippen LogP contribution is -2.43. The van der Waals surface area contributed by atoms with Crippen LogP contribution in [0.25, 0.3) is 0 Å². The summed E-state index contributed by atoms with van der Waals surface area (Å²) >= 11 is 0. The van der Waals surface area contributed by atoms with Crippen molar-refractivity contribution in [3.63, 3.8) is 0 Å². The van der Waals surface area contributed by atoms with E-state index in [1.807, 2.05) is 0 Å². The molecule has 0 spiro atoms. The number of hydrogen-bond acceptors (Lipinski definition) is 3. The van der Waals surface area contributed by atoms with Gasteiger partial charge in [-0.3, -0.25) is 4.79 Å². The van der Waals surface area contributed by atoms with Crippen LogP contribution in [0.5, 0.6) is 0 Å². The van der Waals surface area contributed by atoms with Crippen molar-refractivity contribution in [2.45, 2.75) is 38.1 Å². The lowest BCUT2D eigenvalue weighted by molar-refractivity contribution is -0.121. The molecule has 4 heteroatoms. The SMILES string of the molecule is CNC(=O)CC(CN)N(C)CC1CCCC1. The maximum absolute atomic E-state index is 11.3. The maximum Gasteiger partial charge on any atom is 0.221 e. The minimum atomic E-state index is 0.0775. The Kier molecular flexibility index (Phi) is 5.77. The highest BCUT2D eigenvalue weighted by atomic mass is 16.1. The van der Waals surface area contributed by atoms with E-state index in [9.17, 15) is 4.79 Å². The van der Waals surface area contributed by atoms with Crippen LogP contribution in [0, 0.1) is 5.92 Å². The largest absolute Gasteiger partial charge is 0.359 e. The summed E-state index contributed by atoms with van der Waals surface area (Å²) in [4.78, 5) is 13.6. The maximum atomic E-state index is 11.3. The summed E-state index contributed by atoms with van der Waals surface area (Å²) < 4.78 is 0. The van der Waals surface area contributed by atoms with E-state index in [4.69, 9.17) is 5.73 Å². The quantitative estimate of drug-likeness (QED) is 0.697.